The van der Waals surface area contributed by atoms with Crippen molar-refractivity contribution >= 4 is 46.7 Å². The number of primary amides is 1. The molecule has 1 aliphatic rings. The SMILES string of the molecule is CNC(=O)C(=O)[C@H](C[C@@H]1C[C@@H](C)NC1=O)N(C(=O)C(C)(C)Cl)c1cccc(C(N)=O)c1. The Hall–Kier alpha value is -2.94. The second-order valence-corrected chi connectivity index (χ2v) is 9.04. The molecular weight excluding hydrogens is 424 g/mol. The molecule has 0 unspecified atom stereocenters. The number of benzene rings is 1. The number of hydrogen-bond donors (Lipinski definition) is 3. The maximum atomic E-state index is 13.3. The van der Waals surface area contributed by atoms with E-state index in [0.29, 0.717) is 6.42 Å². The highest BCUT2D eigenvalue weighted by molar-refractivity contribution is 6.41. The number of alkyl halides is 1. The van der Waals surface area contributed by atoms with Gasteiger partial charge in [-0.05, 0) is 51.8 Å². The van der Waals surface area contributed by atoms with Crippen LogP contribution in [0.4, 0.5) is 5.69 Å². The zero-order valence-corrected chi connectivity index (χ0v) is 18.7. The highest BCUT2D eigenvalue weighted by atomic mass is 35.5. The number of carbonyl (C=O) groups is 5. The number of ketones is 1. The molecule has 0 radical (unpaired) electrons. The van der Waals surface area contributed by atoms with Crippen LogP contribution in [0.5, 0.6) is 0 Å². The summed E-state index contributed by atoms with van der Waals surface area (Å²) in [6.45, 7) is 4.73. The lowest BCUT2D eigenvalue weighted by Gasteiger charge is -2.35. The predicted molar refractivity (Wildman–Crippen MR) is 116 cm³/mol. The minimum absolute atomic E-state index is 0.0814. The number of hydrogen-bond acceptors (Lipinski definition) is 5. The first-order chi connectivity index (χ1) is 14.4. The van der Waals surface area contributed by atoms with Gasteiger partial charge in [-0.3, -0.25) is 28.9 Å². The number of nitrogens with two attached hydrogens (primary N) is 1. The van der Waals surface area contributed by atoms with Crippen LogP contribution in [0.25, 0.3) is 0 Å². The van der Waals surface area contributed by atoms with Gasteiger partial charge in [-0.15, -0.1) is 11.6 Å². The molecule has 1 aromatic carbocycles. The molecule has 4 amide bonds. The topological polar surface area (TPSA) is 139 Å². The van der Waals surface area contributed by atoms with E-state index in [2.05, 4.69) is 10.6 Å². The lowest BCUT2D eigenvalue weighted by Crippen LogP contribution is -2.55. The van der Waals surface area contributed by atoms with Gasteiger partial charge in [0.15, 0.2) is 0 Å². The average Bonchev–Trinajstić information content (AvgIpc) is 3.02. The van der Waals surface area contributed by atoms with Crippen LogP contribution in [0.15, 0.2) is 24.3 Å². The fourth-order valence-electron chi connectivity index (χ4n) is 3.56. The molecule has 1 aromatic rings. The Morgan fingerprint density at radius 2 is 1.97 bits per heavy atom. The minimum Gasteiger partial charge on any atom is -0.366 e. The molecule has 3 atom stereocenters. The molecule has 0 aromatic heterocycles. The number of Topliss-reactive ketones (excluding diaryl/α,β-unsaturated/α-hetero) is 1. The van der Waals surface area contributed by atoms with E-state index in [4.69, 9.17) is 17.3 Å². The Balaban J connectivity index is 2.62. The molecular formula is C21H27ClN4O5. The van der Waals surface area contributed by atoms with Crippen LogP contribution in [0, 0.1) is 5.92 Å². The van der Waals surface area contributed by atoms with Crippen molar-refractivity contribution in [3.05, 3.63) is 29.8 Å². The normalized spacial score (nSPS) is 19.3. The minimum atomic E-state index is -1.44. The molecule has 2 rings (SSSR count). The highest BCUT2D eigenvalue weighted by Gasteiger charge is 2.43. The third kappa shape index (κ3) is 5.61. The Kier molecular flexibility index (Phi) is 7.43. The number of nitrogens with zero attached hydrogens (tertiary/aromatic N) is 1. The van der Waals surface area contributed by atoms with Crippen LogP contribution in [-0.2, 0) is 19.2 Å². The van der Waals surface area contributed by atoms with Gasteiger partial charge >= 0.3 is 0 Å². The molecule has 4 N–H and O–H groups in total. The summed E-state index contributed by atoms with van der Waals surface area (Å²) in [4.78, 5) is 62.3. The van der Waals surface area contributed by atoms with E-state index in [-0.39, 0.29) is 29.6 Å². The Morgan fingerprint density at radius 1 is 1.32 bits per heavy atom. The van der Waals surface area contributed by atoms with E-state index >= 15 is 0 Å². The van der Waals surface area contributed by atoms with E-state index in [0.717, 1.165) is 4.90 Å². The van der Waals surface area contributed by atoms with Crippen LogP contribution in [0.1, 0.15) is 44.0 Å². The van der Waals surface area contributed by atoms with Gasteiger partial charge < -0.3 is 16.4 Å². The zero-order valence-electron chi connectivity index (χ0n) is 17.9. The summed E-state index contributed by atoms with van der Waals surface area (Å²) in [5.74, 6) is -4.03. The van der Waals surface area contributed by atoms with Gasteiger partial charge in [0.1, 0.15) is 10.9 Å². The smallest absolute Gasteiger partial charge is 0.289 e. The molecule has 9 nitrogen and oxygen atoms in total. The molecule has 31 heavy (non-hydrogen) atoms. The molecule has 0 bridgehead atoms. The van der Waals surface area contributed by atoms with Gasteiger partial charge in [-0.25, -0.2) is 0 Å². The van der Waals surface area contributed by atoms with E-state index in [9.17, 15) is 24.0 Å². The first kappa shape index (κ1) is 24.3. The summed E-state index contributed by atoms with van der Waals surface area (Å²) in [6, 6.07) is 4.42. The fourth-order valence-corrected chi connectivity index (χ4v) is 3.66. The number of likely N-dealkylation sites (N-methyl/N-ethyl adjacent to an activating group) is 1. The Morgan fingerprint density at radius 3 is 2.45 bits per heavy atom. The van der Waals surface area contributed by atoms with Gasteiger partial charge in [0.2, 0.25) is 23.5 Å². The number of nitrogens with one attached hydrogen (secondary N) is 2. The quantitative estimate of drug-likeness (QED) is 0.396. The van der Waals surface area contributed by atoms with Gasteiger partial charge in [-0.1, -0.05) is 6.07 Å². The molecule has 0 saturated carbocycles. The largest absolute Gasteiger partial charge is 0.366 e. The second-order valence-electron chi connectivity index (χ2n) is 8.10. The number of halogens is 1. The van der Waals surface area contributed by atoms with Crippen molar-refractivity contribution in [2.45, 2.75) is 50.6 Å². The Labute approximate surface area is 185 Å². The molecule has 10 heteroatoms. The van der Waals surface area contributed by atoms with Crippen molar-refractivity contribution in [1.29, 1.82) is 0 Å². The molecule has 1 aliphatic heterocycles. The number of carbonyl (C=O) groups excluding carboxylic acids is 5. The van der Waals surface area contributed by atoms with Gasteiger partial charge in [0.25, 0.3) is 5.91 Å². The summed E-state index contributed by atoms with van der Waals surface area (Å²) in [5.41, 5.74) is 5.65. The van der Waals surface area contributed by atoms with Crippen molar-refractivity contribution in [1.82, 2.24) is 10.6 Å². The Bertz CT molecular complexity index is 911. The van der Waals surface area contributed by atoms with E-state index < -0.39 is 40.3 Å². The monoisotopic (exact) mass is 450 g/mol. The summed E-state index contributed by atoms with van der Waals surface area (Å²) in [7, 11) is 1.30. The summed E-state index contributed by atoms with van der Waals surface area (Å²) in [5, 5.41) is 5.04. The number of amides is 4. The van der Waals surface area contributed by atoms with E-state index in [1.165, 1.54) is 45.2 Å². The molecule has 168 valence electrons. The first-order valence-corrected chi connectivity index (χ1v) is 10.2. The van der Waals surface area contributed by atoms with Crippen molar-refractivity contribution < 1.29 is 24.0 Å². The summed E-state index contributed by atoms with van der Waals surface area (Å²) in [6.07, 6.45) is 0.367. The van der Waals surface area contributed by atoms with Crippen LogP contribution in [0.2, 0.25) is 0 Å². The maximum Gasteiger partial charge on any atom is 0.289 e. The lowest BCUT2D eigenvalue weighted by atomic mass is 9.91. The molecule has 1 fully saturated rings. The second kappa shape index (κ2) is 9.47. The fraction of sp³-hybridized carbons (Fsp3) is 0.476. The van der Waals surface area contributed by atoms with Crippen LogP contribution < -0.4 is 21.3 Å². The number of rotatable bonds is 8. The van der Waals surface area contributed by atoms with Crippen LogP contribution in [-0.4, -0.2) is 53.4 Å². The maximum absolute atomic E-state index is 13.3. The average molecular weight is 451 g/mol. The molecule has 1 saturated heterocycles. The van der Waals surface area contributed by atoms with E-state index in [1.807, 2.05) is 6.92 Å². The van der Waals surface area contributed by atoms with E-state index in [1.54, 1.807) is 0 Å². The third-order valence-electron chi connectivity index (χ3n) is 5.11. The summed E-state index contributed by atoms with van der Waals surface area (Å²) >= 11 is 6.29. The van der Waals surface area contributed by atoms with Crippen molar-refractivity contribution in [3.8, 4) is 0 Å². The molecule has 0 spiro atoms. The van der Waals surface area contributed by atoms with Crippen molar-refractivity contribution in [2.75, 3.05) is 11.9 Å². The number of anilines is 1. The standard InChI is InChI=1S/C21H27ClN4O5/c1-11-8-13(18(29)25-11)10-15(16(27)19(30)24-4)26(20(31)21(2,3)22)14-7-5-6-12(9-14)17(23)28/h5-7,9,11,13,15H,8,10H2,1-4H3,(H2,23,28)(H,24,30)(H,25,29)/t11-,13+,15+/m1/s1. The summed E-state index contributed by atoms with van der Waals surface area (Å²) < 4.78 is 0. The molecule has 1 heterocycles. The zero-order chi connectivity index (χ0) is 23.5. The third-order valence-corrected chi connectivity index (χ3v) is 5.27. The lowest BCUT2D eigenvalue weighted by molar-refractivity contribution is -0.139. The molecule has 0 aliphatic carbocycles. The van der Waals surface area contributed by atoms with Crippen molar-refractivity contribution in [2.24, 2.45) is 11.7 Å². The van der Waals surface area contributed by atoms with Gasteiger partial charge in [0.05, 0.1) is 0 Å². The van der Waals surface area contributed by atoms with Crippen LogP contribution in [0.3, 0.4) is 0 Å². The predicted octanol–water partition coefficient (Wildman–Crippen LogP) is 0.734. The van der Waals surface area contributed by atoms with Gasteiger partial charge in [0, 0.05) is 30.3 Å². The van der Waals surface area contributed by atoms with Crippen LogP contribution >= 0.6 is 11.6 Å². The first-order valence-electron chi connectivity index (χ1n) is 9.85. The van der Waals surface area contributed by atoms with Gasteiger partial charge in [-0.2, -0.15) is 0 Å². The van der Waals surface area contributed by atoms with Crippen molar-refractivity contribution in [3.63, 3.8) is 0 Å². The highest BCUT2D eigenvalue weighted by Crippen LogP contribution is 2.30.